The van der Waals surface area contributed by atoms with Crippen molar-refractivity contribution < 1.29 is 19.1 Å². The van der Waals surface area contributed by atoms with E-state index in [4.69, 9.17) is 9.47 Å². The molecule has 1 atom stereocenters. The molecule has 0 radical (unpaired) electrons. The highest BCUT2D eigenvalue weighted by Crippen LogP contribution is 2.36. The Morgan fingerprint density at radius 1 is 1.07 bits per heavy atom. The third-order valence-corrected chi connectivity index (χ3v) is 6.10. The van der Waals surface area contributed by atoms with E-state index in [0.29, 0.717) is 18.0 Å². The minimum Gasteiger partial charge on any atom is -0.497 e. The van der Waals surface area contributed by atoms with Crippen LogP contribution >= 0.6 is 0 Å². The van der Waals surface area contributed by atoms with Crippen LogP contribution in [0.2, 0.25) is 0 Å². The molecule has 0 saturated carbocycles. The van der Waals surface area contributed by atoms with E-state index >= 15 is 0 Å². The number of methoxy groups -OCH3 is 2. The van der Waals surface area contributed by atoms with E-state index in [1.807, 2.05) is 24.3 Å². The summed E-state index contributed by atoms with van der Waals surface area (Å²) in [5, 5.41) is 1.16. The Morgan fingerprint density at radius 2 is 1.90 bits per heavy atom. The molecule has 2 aliphatic heterocycles. The minimum absolute atomic E-state index is 0.181. The number of para-hydroxylation sites is 2. The van der Waals surface area contributed by atoms with Crippen molar-refractivity contribution >= 4 is 28.4 Å². The number of nitrogens with zero attached hydrogens (tertiary/aromatic N) is 2. The van der Waals surface area contributed by atoms with Crippen LogP contribution in [0.4, 0.5) is 5.69 Å². The van der Waals surface area contributed by atoms with E-state index in [1.165, 1.54) is 10.5 Å². The summed E-state index contributed by atoms with van der Waals surface area (Å²) in [4.78, 5) is 32.9. The molecule has 30 heavy (non-hydrogen) atoms. The SMILES string of the molecule is COc1ccc2[nH]c3c(c2c1)CCN([C@@H]1CC(=O)N(c2ccccc2OC)C1=O)C3. The zero-order chi connectivity index (χ0) is 20.8. The van der Waals surface area contributed by atoms with Crippen molar-refractivity contribution in [1.29, 1.82) is 0 Å². The number of amides is 2. The van der Waals surface area contributed by atoms with Crippen LogP contribution in [0.1, 0.15) is 17.7 Å². The van der Waals surface area contributed by atoms with Crippen LogP contribution in [-0.2, 0) is 22.6 Å². The van der Waals surface area contributed by atoms with E-state index < -0.39 is 6.04 Å². The summed E-state index contributed by atoms with van der Waals surface area (Å²) >= 11 is 0. The molecule has 7 nitrogen and oxygen atoms in total. The highest BCUT2D eigenvalue weighted by molar-refractivity contribution is 6.23. The maximum Gasteiger partial charge on any atom is 0.251 e. The highest BCUT2D eigenvalue weighted by Gasteiger charge is 2.44. The standard InChI is InChI=1S/C23H23N3O4/c1-29-14-7-8-17-16(11-14)15-9-10-25(13-18(15)24-17)20-12-22(27)26(23(20)28)19-5-3-4-6-21(19)30-2/h3-8,11,20,24H,9-10,12-13H2,1-2H3/t20-/m1/s1. The van der Waals surface area contributed by atoms with Crippen LogP contribution in [0.15, 0.2) is 42.5 Å². The second-order valence-corrected chi connectivity index (χ2v) is 7.67. The number of hydrogen-bond acceptors (Lipinski definition) is 5. The van der Waals surface area contributed by atoms with Crippen LogP contribution < -0.4 is 14.4 Å². The fourth-order valence-corrected chi connectivity index (χ4v) is 4.60. The normalized spacial score (nSPS) is 19.4. The number of rotatable bonds is 4. The van der Waals surface area contributed by atoms with Gasteiger partial charge in [0.1, 0.15) is 11.5 Å². The molecule has 1 aromatic heterocycles. The number of carbonyl (C=O) groups is 2. The third kappa shape index (κ3) is 2.85. The molecule has 5 rings (SSSR count). The van der Waals surface area contributed by atoms with Crippen molar-refractivity contribution in [3.8, 4) is 11.5 Å². The van der Waals surface area contributed by atoms with Crippen LogP contribution in [0, 0.1) is 0 Å². The first kappa shape index (κ1) is 18.7. The van der Waals surface area contributed by atoms with E-state index in [-0.39, 0.29) is 18.2 Å². The van der Waals surface area contributed by atoms with Gasteiger partial charge in [-0.3, -0.25) is 14.5 Å². The largest absolute Gasteiger partial charge is 0.497 e. The van der Waals surface area contributed by atoms with Crippen molar-refractivity contribution in [1.82, 2.24) is 9.88 Å². The lowest BCUT2D eigenvalue weighted by Crippen LogP contribution is -2.44. The number of aromatic amines is 1. The predicted octanol–water partition coefficient (Wildman–Crippen LogP) is 2.88. The number of fused-ring (bicyclic) bond motifs is 3. The second kappa shape index (κ2) is 7.18. The average Bonchev–Trinajstić information content (AvgIpc) is 3.28. The zero-order valence-electron chi connectivity index (χ0n) is 17.0. The van der Waals surface area contributed by atoms with Gasteiger partial charge < -0.3 is 14.5 Å². The van der Waals surface area contributed by atoms with Gasteiger partial charge in [-0.25, -0.2) is 4.90 Å². The number of carbonyl (C=O) groups excluding carboxylic acids is 2. The lowest BCUT2D eigenvalue weighted by Gasteiger charge is -2.31. The van der Waals surface area contributed by atoms with Gasteiger partial charge >= 0.3 is 0 Å². The van der Waals surface area contributed by atoms with Gasteiger partial charge in [0.05, 0.1) is 32.4 Å². The molecule has 1 fully saturated rings. The van der Waals surface area contributed by atoms with Crippen LogP contribution in [0.25, 0.3) is 10.9 Å². The summed E-state index contributed by atoms with van der Waals surface area (Å²) in [7, 11) is 3.20. The number of benzene rings is 2. The van der Waals surface area contributed by atoms with Gasteiger partial charge in [-0.15, -0.1) is 0 Å². The average molecular weight is 405 g/mol. The first-order valence-corrected chi connectivity index (χ1v) is 10.0. The van der Waals surface area contributed by atoms with Gasteiger partial charge in [-0.05, 0) is 42.3 Å². The molecule has 1 N–H and O–H groups in total. The summed E-state index contributed by atoms with van der Waals surface area (Å²) in [5.74, 6) is 0.966. The fraction of sp³-hybridized carbons (Fsp3) is 0.304. The van der Waals surface area contributed by atoms with Gasteiger partial charge in [0.2, 0.25) is 5.91 Å². The molecule has 1 saturated heterocycles. The number of hydrogen-bond donors (Lipinski definition) is 1. The Labute approximate surface area is 174 Å². The quantitative estimate of drug-likeness (QED) is 0.676. The molecule has 2 aliphatic rings. The maximum absolute atomic E-state index is 13.2. The molecule has 0 unspecified atom stereocenters. The lowest BCUT2D eigenvalue weighted by atomic mass is 10.0. The molecule has 3 heterocycles. The van der Waals surface area contributed by atoms with Gasteiger partial charge in [-0.2, -0.15) is 0 Å². The summed E-state index contributed by atoms with van der Waals surface area (Å²) in [6, 6.07) is 12.7. The molecule has 2 amide bonds. The number of aromatic nitrogens is 1. The molecular weight excluding hydrogens is 382 g/mol. The fourth-order valence-electron chi connectivity index (χ4n) is 4.60. The van der Waals surface area contributed by atoms with Crippen molar-refractivity contribution in [3.05, 3.63) is 53.7 Å². The molecule has 3 aromatic rings. The van der Waals surface area contributed by atoms with Gasteiger partial charge in [0, 0.05) is 29.7 Å². The van der Waals surface area contributed by atoms with Crippen molar-refractivity contribution in [2.24, 2.45) is 0 Å². The summed E-state index contributed by atoms with van der Waals surface area (Å²) in [6.07, 6.45) is 0.995. The molecule has 0 spiro atoms. The van der Waals surface area contributed by atoms with Gasteiger partial charge in [0.25, 0.3) is 5.91 Å². The summed E-state index contributed by atoms with van der Waals surface area (Å²) < 4.78 is 10.7. The van der Waals surface area contributed by atoms with E-state index in [9.17, 15) is 9.59 Å². The third-order valence-electron chi connectivity index (χ3n) is 6.10. The van der Waals surface area contributed by atoms with Crippen molar-refractivity contribution in [3.63, 3.8) is 0 Å². The Bertz CT molecular complexity index is 1150. The predicted molar refractivity (Wildman–Crippen MR) is 113 cm³/mol. The number of imide groups is 1. The van der Waals surface area contributed by atoms with Crippen molar-refractivity contribution in [2.75, 3.05) is 25.7 Å². The Hall–Kier alpha value is -3.32. The van der Waals surface area contributed by atoms with Crippen molar-refractivity contribution in [2.45, 2.75) is 25.4 Å². The first-order valence-electron chi connectivity index (χ1n) is 10.0. The van der Waals surface area contributed by atoms with E-state index in [0.717, 1.165) is 35.3 Å². The maximum atomic E-state index is 13.2. The molecule has 154 valence electrons. The summed E-state index contributed by atoms with van der Waals surface area (Å²) in [5.41, 5.74) is 3.93. The lowest BCUT2D eigenvalue weighted by molar-refractivity contribution is -0.123. The van der Waals surface area contributed by atoms with Crippen LogP contribution in [0.5, 0.6) is 11.5 Å². The molecule has 0 aliphatic carbocycles. The van der Waals surface area contributed by atoms with Gasteiger partial charge in [0.15, 0.2) is 0 Å². The number of anilines is 1. The zero-order valence-corrected chi connectivity index (χ0v) is 17.0. The second-order valence-electron chi connectivity index (χ2n) is 7.67. The topological polar surface area (TPSA) is 74.9 Å². The molecule has 2 aromatic carbocycles. The first-order chi connectivity index (χ1) is 14.6. The van der Waals surface area contributed by atoms with E-state index in [1.54, 1.807) is 32.4 Å². The molecule has 0 bridgehead atoms. The number of nitrogens with one attached hydrogen (secondary N) is 1. The number of ether oxygens (including phenoxy) is 2. The van der Waals surface area contributed by atoms with Crippen LogP contribution in [-0.4, -0.2) is 48.5 Å². The Balaban J connectivity index is 1.42. The van der Waals surface area contributed by atoms with Crippen LogP contribution in [0.3, 0.4) is 0 Å². The molecule has 7 heteroatoms. The molecular formula is C23H23N3O4. The van der Waals surface area contributed by atoms with Gasteiger partial charge in [-0.1, -0.05) is 12.1 Å². The monoisotopic (exact) mass is 405 g/mol. The smallest absolute Gasteiger partial charge is 0.251 e. The minimum atomic E-state index is -0.462. The van der Waals surface area contributed by atoms with E-state index in [2.05, 4.69) is 9.88 Å². The number of H-pyrrole nitrogens is 1. The Kier molecular flexibility index (Phi) is 4.47. The summed E-state index contributed by atoms with van der Waals surface area (Å²) in [6.45, 7) is 1.33. The Morgan fingerprint density at radius 3 is 2.70 bits per heavy atom. The highest BCUT2D eigenvalue weighted by atomic mass is 16.5.